The number of carbonyl (C=O) groups is 2. The summed E-state index contributed by atoms with van der Waals surface area (Å²) in [4.78, 5) is 25.5. The number of nitrogens with zero attached hydrogens (tertiary/aromatic N) is 1. The fourth-order valence-corrected chi connectivity index (χ4v) is 2.73. The third-order valence-corrected chi connectivity index (χ3v) is 4.24. The molecule has 1 aromatic carbocycles. The van der Waals surface area contributed by atoms with Crippen molar-refractivity contribution >= 4 is 11.9 Å². The molecule has 0 N–H and O–H groups in total. The molecule has 4 nitrogen and oxygen atoms in total. The van der Waals surface area contributed by atoms with E-state index >= 15 is 0 Å². The minimum Gasteiger partial charge on any atom is -0.464 e. The molecule has 0 aliphatic heterocycles. The van der Waals surface area contributed by atoms with Crippen LogP contribution in [0.2, 0.25) is 0 Å². The quantitative estimate of drug-likeness (QED) is 0.405. The van der Waals surface area contributed by atoms with Crippen LogP contribution in [0.25, 0.3) is 0 Å². The van der Waals surface area contributed by atoms with Crippen LogP contribution in [0.3, 0.4) is 0 Å². The molecule has 0 unspecified atom stereocenters. The zero-order chi connectivity index (χ0) is 18.5. The Morgan fingerprint density at radius 3 is 2.28 bits per heavy atom. The molecule has 0 fully saturated rings. The van der Waals surface area contributed by atoms with E-state index in [1.165, 1.54) is 43.4 Å². The van der Waals surface area contributed by atoms with Crippen molar-refractivity contribution in [3.8, 4) is 0 Å². The molecule has 0 aliphatic rings. The van der Waals surface area contributed by atoms with Crippen LogP contribution in [0.5, 0.6) is 0 Å². The van der Waals surface area contributed by atoms with E-state index in [2.05, 4.69) is 6.92 Å². The van der Waals surface area contributed by atoms with Crippen molar-refractivity contribution in [1.29, 1.82) is 0 Å². The lowest BCUT2D eigenvalue weighted by molar-refractivity contribution is -0.144. The molecule has 1 rings (SSSR count). The lowest BCUT2D eigenvalue weighted by Gasteiger charge is -2.16. The Morgan fingerprint density at radius 1 is 1.00 bits per heavy atom. The molecule has 0 radical (unpaired) electrons. The summed E-state index contributed by atoms with van der Waals surface area (Å²) in [6.07, 6.45) is 9.69. The van der Waals surface area contributed by atoms with Crippen molar-refractivity contribution < 1.29 is 14.3 Å². The van der Waals surface area contributed by atoms with Gasteiger partial charge in [0.25, 0.3) is 5.91 Å². The second-order valence-electron chi connectivity index (χ2n) is 6.73. The summed E-state index contributed by atoms with van der Waals surface area (Å²) in [5, 5.41) is 0. The third-order valence-electron chi connectivity index (χ3n) is 4.24. The Bertz CT molecular complexity index is 528. The summed E-state index contributed by atoms with van der Waals surface area (Å²) in [6, 6.07) is 7.37. The lowest BCUT2D eigenvalue weighted by Crippen LogP contribution is -2.33. The molecule has 0 aliphatic carbocycles. The highest BCUT2D eigenvalue weighted by Gasteiger charge is 2.15. The van der Waals surface area contributed by atoms with Crippen LogP contribution < -0.4 is 0 Å². The molecule has 0 bridgehead atoms. The molecule has 0 spiro atoms. The van der Waals surface area contributed by atoms with E-state index < -0.39 is 0 Å². The monoisotopic (exact) mass is 347 g/mol. The zero-order valence-corrected chi connectivity index (χ0v) is 16.1. The van der Waals surface area contributed by atoms with Crippen LogP contribution in [-0.4, -0.2) is 37.0 Å². The summed E-state index contributed by atoms with van der Waals surface area (Å²) in [7, 11) is 1.63. The summed E-state index contributed by atoms with van der Waals surface area (Å²) < 4.78 is 5.23. The highest BCUT2D eigenvalue weighted by Crippen LogP contribution is 2.09. The number of unbranched alkanes of at least 4 members (excludes halogenated alkanes) is 7. The van der Waals surface area contributed by atoms with Gasteiger partial charge in [-0.05, 0) is 25.5 Å². The van der Waals surface area contributed by atoms with Gasteiger partial charge in [-0.1, -0.05) is 69.6 Å². The summed E-state index contributed by atoms with van der Waals surface area (Å²) in [5.41, 5.74) is 1.62. The molecule has 1 aromatic rings. The molecule has 0 saturated heterocycles. The highest BCUT2D eigenvalue weighted by atomic mass is 16.5. The molecule has 1 amide bonds. The molecule has 4 heteroatoms. The molecule has 0 heterocycles. The Kier molecular flexibility index (Phi) is 10.6. The van der Waals surface area contributed by atoms with Crippen molar-refractivity contribution in [1.82, 2.24) is 4.90 Å². The average Bonchev–Trinajstić information content (AvgIpc) is 2.59. The molecule has 25 heavy (non-hydrogen) atoms. The second kappa shape index (κ2) is 12.5. The highest BCUT2D eigenvalue weighted by molar-refractivity contribution is 5.95. The molecule has 0 aromatic heterocycles. The van der Waals surface area contributed by atoms with Crippen molar-refractivity contribution in [3.05, 3.63) is 35.4 Å². The van der Waals surface area contributed by atoms with Crippen LogP contribution >= 0.6 is 0 Å². The summed E-state index contributed by atoms with van der Waals surface area (Å²) in [5.74, 6) is -0.501. The molecule has 140 valence electrons. The maximum Gasteiger partial charge on any atom is 0.325 e. The van der Waals surface area contributed by atoms with Gasteiger partial charge in [-0.3, -0.25) is 9.59 Å². The fraction of sp³-hybridized carbons (Fsp3) is 0.619. The normalized spacial score (nSPS) is 10.5. The van der Waals surface area contributed by atoms with Gasteiger partial charge in [-0.15, -0.1) is 0 Å². The number of likely N-dealkylation sites (N-methyl/N-ethyl adjacent to an activating group) is 1. The lowest BCUT2D eigenvalue weighted by atomic mass is 10.1. The maximum absolute atomic E-state index is 12.3. The maximum atomic E-state index is 12.3. The Hall–Kier alpha value is -1.84. The largest absolute Gasteiger partial charge is 0.464 e. The standard InChI is InChI=1S/C21H33NO3/c1-4-5-6-7-8-9-10-11-15-25-20(23)17-22(3)21(24)19-14-12-13-18(2)16-19/h12-14,16H,4-11,15,17H2,1-3H3. The number of esters is 1. The van der Waals surface area contributed by atoms with Gasteiger partial charge in [0.1, 0.15) is 6.54 Å². The van der Waals surface area contributed by atoms with Crippen LogP contribution in [0, 0.1) is 6.92 Å². The topological polar surface area (TPSA) is 46.6 Å². The van der Waals surface area contributed by atoms with Gasteiger partial charge in [-0.25, -0.2) is 0 Å². The Balaban J connectivity index is 2.14. The predicted octanol–water partition coefficient (Wildman–Crippen LogP) is 4.75. The van der Waals surface area contributed by atoms with Gasteiger partial charge < -0.3 is 9.64 Å². The molecular weight excluding hydrogens is 314 g/mol. The van der Waals surface area contributed by atoms with E-state index in [1.54, 1.807) is 13.1 Å². The van der Waals surface area contributed by atoms with Crippen LogP contribution in [0.1, 0.15) is 74.2 Å². The van der Waals surface area contributed by atoms with Crippen LogP contribution in [-0.2, 0) is 9.53 Å². The number of rotatable bonds is 12. The second-order valence-corrected chi connectivity index (χ2v) is 6.73. The number of benzene rings is 1. The van der Waals surface area contributed by atoms with Crippen molar-refractivity contribution in [2.75, 3.05) is 20.2 Å². The van der Waals surface area contributed by atoms with Gasteiger partial charge in [0.05, 0.1) is 6.61 Å². The smallest absolute Gasteiger partial charge is 0.325 e. The van der Waals surface area contributed by atoms with Crippen LogP contribution in [0.4, 0.5) is 0 Å². The summed E-state index contributed by atoms with van der Waals surface area (Å²) in [6.45, 7) is 4.60. The van der Waals surface area contributed by atoms with Crippen molar-refractivity contribution in [3.63, 3.8) is 0 Å². The third kappa shape index (κ3) is 9.28. The van der Waals surface area contributed by atoms with Gasteiger partial charge in [0.15, 0.2) is 0 Å². The van der Waals surface area contributed by atoms with E-state index in [0.29, 0.717) is 12.2 Å². The van der Waals surface area contributed by atoms with Crippen molar-refractivity contribution in [2.24, 2.45) is 0 Å². The fourth-order valence-electron chi connectivity index (χ4n) is 2.73. The number of carbonyl (C=O) groups excluding carboxylic acids is 2. The summed E-state index contributed by atoms with van der Waals surface area (Å²) >= 11 is 0. The van der Waals surface area contributed by atoms with Gasteiger partial charge in [0, 0.05) is 12.6 Å². The Labute approximate surface area is 152 Å². The molecule has 0 saturated carbocycles. The number of ether oxygens (including phenoxy) is 1. The molecule has 0 atom stereocenters. The first-order valence-electron chi connectivity index (χ1n) is 9.52. The Morgan fingerprint density at radius 2 is 1.64 bits per heavy atom. The minimum absolute atomic E-state index is 0.0101. The van der Waals surface area contributed by atoms with E-state index in [1.807, 2.05) is 25.1 Å². The number of aryl methyl sites for hydroxylation is 1. The number of hydrogen-bond acceptors (Lipinski definition) is 3. The first-order valence-corrected chi connectivity index (χ1v) is 9.52. The van der Waals surface area contributed by atoms with Gasteiger partial charge in [0.2, 0.25) is 0 Å². The van der Waals surface area contributed by atoms with E-state index in [0.717, 1.165) is 18.4 Å². The first kappa shape index (κ1) is 21.2. The molecular formula is C21H33NO3. The van der Waals surface area contributed by atoms with Crippen molar-refractivity contribution in [2.45, 2.75) is 65.2 Å². The number of hydrogen-bond donors (Lipinski definition) is 0. The first-order chi connectivity index (χ1) is 12.0. The van der Waals surface area contributed by atoms with Gasteiger partial charge >= 0.3 is 5.97 Å². The van der Waals surface area contributed by atoms with E-state index in [-0.39, 0.29) is 18.4 Å². The van der Waals surface area contributed by atoms with Gasteiger partial charge in [-0.2, -0.15) is 0 Å². The predicted molar refractivity (Wildman–Crippen MR) is 102 cm³/mol. The number of amides is 1. The van der Waals surface area contributed by atoms with E-state index in [4.69, 9.17) is 4.74 Å². The van der Waals surface area contributed by atoms with Crippen LogP contribution in [0.15, 0.2) is 24.3 Å². The zero-order valence-electron chi connectivity index (χ0n) is 16.1. The SMILES string of the molecule is CCCCCCCCCCOC(=O)CN(C)C(=O)c1cccc(C)c1. The minimum atomic E-state index is -0.341. The van der Waals surface area contributed by atoms with E-state index in [9.17, 15) is 9.59 Å². The average molecular weight is 347 g/mol.